The molecule has 0 aliphatic carbocycles. The summed E-state index contributed by atoms with van der Waals surface area (Å²) in [6, 6.07) is 10.6. The van der Waals surface area contributed by atoms with Crippen molar-refractivity contribution in [3.05, 3.63) is 48.0 Å². The number of hydrogen-bond acceptors (Lipinski definition) is 4. The Bertz CT molecular complexity index is 883. The Hall–Kier alpha value is -0.414. The van der Waals surface area contributed by atoms with Gasteiger partial charge in [0.05, 0.1) is 0 Å². The molecular formula is C24H33KO5S. The Morgan fingerprint density at radius 2 is 1.48 bits per heavy atom. The van der Waals surface area contributed by atoms with Crippen LogP contribution in [0.5, 0.6) is 17.2 Å². The van der Waals surface area contributed by atoms with E-state index >= 15 is 0 Å². The summed E-state index contributed by atoms with van der Waals surface area (Å²) >= 11 is 0. The zero-order valence-electron chi connectivity index (χ0n) is 18.8. The van der Waals surface area contributed by atoms with Gasteiger partial charge in [-0.3, -0.25) is 4.55 Å². The van der Waals surface area contributed by atoms with Crippen LogP contribution < -0.4 is 61.2 Å². The smallest absolute Gasteiger partial charge is 0.872 e. The van der Waals surface area contributed by atoms with Gasteiger partial charge in [-0.2, -0.15) is 8.42 Å². The Morgan fingerprint density at radius 1 is 0.871 bits per heavy atom. The monoisotopic (exact) mass is 472 g/mol. The van der Waals surface area contributed by atoms with Crippen LogP contribution >= 0.6 is 0 Å². The summed E-state index contributed by atoms with van der Waals surface area (Å²) in [5.74, 6) is -0.116. The third kappa shape index (κ3) is 11.3. The fourth-order valence-corrected chi connectivity index (χ4v) is 4.08. The first-order valence-corrected chi connectivity index (χ1v) is 12.4. The molecule has 0 spiro atoms. The second kappa shape index (κ2) is 15.4. The topological polar surface area (TPSA) is 86.7 Å². The molecule has 0 heterocycles. The predicted octanol–water partition coefficient (Wildman–Crippen LogP) is 3.27. The Labute approximate surface area is 229 Å². The van der Waals surface area contributed by atoms with Crippen molar-refractivity contribution in [2.24, 2.45) is 0 Å². The van der Waals surface area contributed by atoms with Gasteiger partial charge < -0.3 is 9.84 Å². The molecule has 2 rings (SSSR count). The molecule has 0 saturated carbocycles. The second-order valence-corrected chi connectivity index (χ2v) is 9.16. The fourth-order valence-electron chi connectivity index (χ4n) is 3.49. The van der Waals surface area contributed by atoms with Gasteiger partial charge in [0.15, 0.2) is 0 Å². The molecule has 0 fully saturated rings. The van der Waals surface area contributed by atoms with Gasteiger partial charge in [0.2, 0.25) is 0 Å². The molecule has 0 bridgehead atoms. The van der Waals surface area contributed by atoms with Crippen molar-refractivity contribution in [1.82, 2.24) is 0 Å². The minimum absolute atomic E-state index is 0. The fraction of sp³-hybridized carbons (Fsp3) is 0.500. The van der Waals surface area contributed by atoms with Gasteiger partial charge in [-0.05, 0) is 42.7 Å². The van der Waals surface area contributed by atoms with Gasteiger partial charge in [-0.25, -0.2) is 0 Å². The quantitative estimate of drug-likeness (QED) is 0.259. The average Bonchev–Trinajstić information content (AvgIpc) is 2.69. The predicted molar refractivity (Wildman–Crippen MR) is 118 cm³/mol. The maximum Gasteiger partial charge on any atom is 1.00 e. The van der Waals surface area contributed by atoms with Crippen LogP contribution in [-0.4, -0.2) is 13.0 Å². The Morgan fingerprint density at radius 3 is 2.10 bits per heavy atom. The van der Waals surface area contributed by atoms with E-state index in [2.05, 4.69) is 6.92 Å². The first kappa shape index (κ1) is 28.6. The number of rotatable bonds is 14. The molecule has 7 heteroatoms. The first-order valence-electron chi connectivity index (χ1n) is 11.0. The largest absolute Gasteiger partial charge is 1.00 e. The van der Waals surface area contributed by atoms with Crippen molar-refractivity contribution < 1.29 is 74.2 Å². The van der Waals surface area contributed by atoms with Gasteiger partial charge in [0.25, 0.3) is 10.1 Å². The van der Waals surface area contributed by atoms with Crippen LogP contribution in [0, 0.1) is 0 Å². The van der Waals surface area contributed by atoms with E-state index in [-0.39, 0.29) is 62.9 Å². The molecule has 0 saturated heterocycles. The molecule has 0 amide bonds. The number of ether oxygens (including phenoxy) is 1. The summed E-state index contributed by atoms with van der Waals surface area (Å²) in [4.78, 5) is -0.415. The summed E-state index contributed by atoms with van der Waals surface area (Å²) < 4.78 is 38.0. The minimum Gasteiger partial charge on any atom is -0.872 e. The molecule has 0 aliphatic heterocycles. The number of unbranched alkanes of at least 4 members (excludes halogenated alkanes) is 9. The van der Waals surface area contributed by atoms with E-state index in [1.807, 2.05) is 18.2 Å². The van der Waals surface area contributed by atoms with Crippen molar-refractivity contribution in [2.75, 3.05) is 0 Å². The first-order chi connectivity index (χ1) is 14.4. The molecule has 0 aromatic heterocycles. The van der Waals surface area contributed by atoms with Gasteiger partial charge in [-0.15, -0.1) is 5.75 Å². The van der Waals surface area contributed by atoms with Crippen LogP contribution in [0.15, 0.2) is 47.4 Å². The van der Waals surface area contributed by atoms with E-state index in [9.17, 15) is 18.1 Å². The van der Waals surface area contributed by atoms with Crippen LogP contribution in [-0.2, 0) is 16.5 Å². The van der Waals surface area contributed by atoms with E-state index in [0.29, 0.717) is 5.75 Å². The van der Waals surface area contributed by atoms with Crippen molar-refractivity contribution in [3.8, 4) is 17.2 Å². The van der Waals surface area contributed by atoms with Crippen molar-refractivity contribution in [3.63, 3.8) is 0 Å². The molecule has 1 N–H and O–H groups in total. The van der Waals surface area contributed by atoms with Crippen molar-refractivity contribution in [1.29, 1.82) is 0 Å². The van der Waals surface area contributed by atoms with Crippen LogP contribution in [0.2, 0.25) is 0 Å². The van der Waals surface area contributed by atoms with Crippen LogP contribution in [0.1, 0.15) is 76.7 Å². The van der Waals surface area contributed by atoms with Crippen LogP contribution in [0.4, 0.5) is 0 Å². The normalized spacial score (nSPS) is 11.2. The molecule has 2 aromatic rings. The molecule has 166 valence electrons. The van der Waals surface area contributed by atoms with E-state index in [0.717, 1.165) is 36.6 Å². The SMILES string of the molecule is CCCCCCCCCCCCc1cccc(Oc2cc([O-])ccc2S(=O)(=O)O)c1.[K+]. The van der Waals surface area contributed by atoms with Crippen molar-refractivity contribution in [2.45, 2.75) is 82.4 Å². The summed E-state index contributed by atoms with van der Waals surface area (Å²) in [5, 5.41) is 11.6. The maximum absolute atomic E-state index is 11.6. The van der Waals surface area contributed by atoms with E-state index in [4.69, 9.17) is 4.74 Å². The number of hydrogen-bond donors (Lipinski definition) is 1. The molecule has 31 heavy (non-hydrogen) atoms. The van der Waals surface area contributed by atoms with Gasteiger partial charge >= 0.3 is 51.4 Å². The molecule has 0 radical (unpaired) electrons. The third-order valence-electron chi connectivity index (χ3n) is 5.14. The molecule has 2 aromatic carbocycles. The van der Waals surface area contributed by atoms with Crippen LogP contribution in [0.25, 0.3) is 0 Å². The Balaban J connectivity index is 0.00000480. The average molecular weight is 473 g/mol. The zero-order valence-corrected chi connectivity index (χ0v) is 22.7. The molecular weight excluding hydrogens is 439 g/mol. The number of benzene rings is 2. The van der Waals surface area contributed by atoms with Crippen LogP contribution in [0.3, 0.4) is 0 Å². The van der Waals surface area contributed by atoms with E-state index in [1.54, 1.807) is 6.07 Å². The van der Waals surface area contributed by atoms with Gasteiger partial charge in [0.1, 0.15) is 16.4 Å². The summed E-state index contributed by atoms with van der Waals surface area (Å²) in [6.45, 7) is 2.24. The second-order valence-electron chi connectivity index (χ2n) is 7.77. The standard InChI is InChI=1S/C24H34O5S.K/c1-2-3-4-5-6-7-8-9-10-11-13-20-14-12-15-22(18-20)29-23-19-21(25)16-17-24(23)30(26,27)28;/h12,14-19,25H,2-11,13H2,1H3,(H,26,27,28);/q;+1/p-1. The summed E-state index contributed by atoms with van der Waals surface area (Å²) in [5.41, 5.74) is 1.10. The summed E-state index contributed by atoms with van der Waals surface area (Å²) in [7, 11) is -4.48. The molecule has 5 nitrogen and oxygen atoms in total. The minimum atomic E-state index is -4.48. The number of aryl methyl sites for hydroxylation is 1. The van der Waals surface area contributed by atoms with Gasteiger partial charge in [-0.1, -0.05) is 82.9 Å². The zero-order chi connectivity index (χ0) is 21.8. The molecule has 0 atom stereocenters. The molecule has 0 aliphatic rings. The maximum atomic E-state index is 11.6. The third-order valence-corrected chi connectivity index (χ3v) is 6.03. The summed E-state index contributed by atoms with van der Waals surface area (Å²) in [6.07, 6.45) is 13.8. The van der Waals surface area contributed by atoms with Gasteiger partial charge in [0, 0.05) is 0 Å². The van der Waals surface area contributed by atoms with E-state index < -0.39 is 15.0 Å². The van der Waals surface area contributed by atoms with Crippen molar-refractivity contribution >= 4 is 10.1 Å². The van der Waals surface area contributed by atoms with E-state index in [1.165, 1.54) is 57.8 Å². The Kier molecular flexibility index (Phi) is 14.2. The molecule has 0 unspecified atom stereocenters.